The van der Waals surface area contributed by atoms with Crippen LogP contribution < -0.4 is 14.5 Å². The Bertz CT molecular complexity index is 2270. The van der Waals surface area contributed by atoms with Crippen molar-refractivity contribution in [1.82, 2.24) is 9.55 Å². The molecule has 0 amide bonds. The Morgan fingerprint density at radius 2 is 1.34 bits per heavy atom. The summed E-state index contributed by atoms with van der Waals surface area (Å²) < 4.78 is 8.86. The van der Waals surface area contributed by atoms with Crippen LogP contribution in [0.4, 0.5) is 17.1 Å². The molecule has 1 aliphatic rings. The summed E-state index contributed by atoms with van der Waals surface area (Å²) in [4.78, 5) is 9.71. The molecule has 5 heteroatoms. The van der Waals surface area contributed by atoms with Gasteiger partial charge >= 0.3 is 0 Å². The Morgan fingerprint density at radius 3 is 2.15 bits per heavy atom. The molecule has 0 N–H and O–H groups in total. The van der Waals surface area contributed by atoms with E-state index < -0.39 is 0 Å². The minimum atomic E-state index is -0.0000388. The number of benzene rings is 5. The predicted octanol–water partition coefficient (Wildman–Crippen LogP) is 11.0. The molecule has 0 radical (unpaired) electrons. The molecule has 0 bridgehead atoms. The Hall–Kier alpha value is -5.55. The lowest BCUT2D eigenvalue weighted by Gasteiger charge is -2.34. The van der Waals surface area contributed by atoms with Gasteiger partial charge in [-0.05, 0) is 111 Å². The van der Waals surface area contributed by atoms with E-state index in [1.165, 1.54) is 33.5 Å². The normalized spacial score (nSPS) is 13.0. The topological polar surface area (TPSA) is 33.5 Å². The molecule has 8 rings (SSSR count). The Balaban J connectivity index is 1.19. The van der Waals surface area contributed by atoms with E-state index in [-0.39, 0.29) is 5.54 Å². The molecule has 5 nitrogen and oxygen atoms in total. The van der Waals surface area contributed by atoms with E-state index in [0.717, 1.165) is 51.7 Å². The largest absolute Gasteiger partial charge is 0.457 e. The van der Waals surface area contributed by atoms with E-state index in [4.69, 9.17) is 9.72 Å². The van der Waals surface area contributed by atoms with Crippen LogP contribution in [0.15, 0.2) is 128 Å². The molecule has 0 saturated carbocycles. The lowest BCUT2D eigenvalue weighted by atomic mass is 9.96. The highest BCUT2D eigenvalue weighted by Crippen LogP contribution is 2.44. The second-order valence-electron chi connectivity index (χ2n) is 13.5. The van der Waals surface area contributed by atoms with Gasteiger partial charge in [-0.2, -0.15) is 0 Å². The number of hydrogen-bond acceptors (Lipinski definition) is 4. The minimum Gasteiger partial charge on any atom is -0.457 e. The van der Waals surface area contributed by atoms with Gasteiger partial charge in [0.15, 0.2) is 0 Å². The highest BCUT2D eigenvalue weighted by atomic mass is 16.5. The summed E-state index contributed by atoms with van der Waals surface area (Å²) in [6.45, 7) is 11.9. The van der Waals surface area contributed by atoms with Crippen molar-refractivity contribution in [3.05, 3.63) is 139 Å². The van der Waals surface area contributed by atoms with E-state index in [9.17, 15) is 0 Å². The lowest BCUT2D eigenvalue weighted by molar-refractivity contribution is 0.483. The fourth-order valence-electron chi connectivity index (χ4n) is 7.09. The fourth-order valence-corrected chi connectivity index (χ4v) is 7.09. The highest BCUT2D eigenvalue weighted by molar-refractivity contribution is 6.09. The van der Waals surface area contributed by atoms with Crippen molar-refractivity contribution in [2.24, 2.45) is 0 Å². The maximum atomic E-state index is 6.61. The molecule has 232 valence electrons. The van der Waals surface area contributed by atoms with Gasteiger partial charge in [-0.15, -0.1) is 0 Å². The van der Waals surface area contributed by atoms with Crippen LogP contribution in [0.2, 0.25) is 0 Å². The summed E-state index contributed by atoms with van der Waals surface area (Å²) in [5.41, 5.74) is 10.7. The summed E-state index contributed by atoms with van der Waals surface area (Å²) in [5.74, 6) is 2.46. The SMILES string of the molecule is Cc1cccc(C)c1-c1ccnc(-n2c3ccccc3c3ccc(Oc4cccc(N5CN(C(C)(C)C)c6ccccc65)c4)cc32)c1. The molecular weight excluding hydrogens is 576 g/mol. The van der Waals surface area contributed by atoms with Crippen LogP contribution in [-0.4, -0.2) is 21.8 Å². The summed E-state index contributed by atoms with van der Waals surface area (Å²) in [6, 6.07) is 42.7. The molecule has 0 fully saturated rings. The molecule has 3 heterocycles. The third kappa shape index (κ3) is 4.99. The van der Waals surface area contributed by atoms with Crippen molar-refractivity contribution in [1.29, 1.82) is 0 Å². The van der Waals surface area contributed by atoms with Crippen LogP contribution in [0, 0.1) is 13.8 Å². The molecule has 0 atom stereocenters. The molecule has 2 aromatic heterocycles. The van der Waals surface area contributed by atoms with Gasteiger partial charge in [0.1, 0.15) is 17.3 Å². The van der Waals surface area contributed by atoms with Crippen molar-refractivity contribution in [2.75, 3.05) is 16.5 Å². The number of aryl methyl sites for hydroxylation is 2. The maximum Gasteiger partial charge on any atom is 0.138 e. The number of para-hydroxylation sites is 3. The number of rotatable bonds is 5. The van der Waals surface area contributed by atoms with Gasteiger partial charge in [0.25, 0.3) is 0 Å². The lowest BCUT2D eigenvalue weighted by Crippen LogP contribution is -2.42. The number of fused-ring (bicyclic) bond motifs is 4. The Morgan fingerprint density at radius 1 is 0.638 bits per heavy atom. The first kappa shape index (κ1) is 28.9. The first-order valence-corrected chi connectivity index (χ1v) is 16.2. The summed E-state index contributed by atoms with van der Waals surface area (Å²) in [5, 5.41) is 2.35. The van der Waals surface area contributed by atoms with Crippen LogP contribution in [0.5, 0.6) is 11.5 Å². The molecule has 1 aliphatic heterocycles. The van der Waals surface area contributed by atoms with Gasteiger partial charge in [-0.1, -0.05) is 54.6 Å². The van der Waals surface area contributed by atoms with Crippen molar-refractivity contribution < 1.29 is 4.74 Å². The van der Waals surface area contributed by atoms with Gasteiger partial charge in [0, 0.05) is 40.3 Å². The first-order valence-electron chi connectivity index (χ1n) is 16.2. The maximum absolute atomic E-state index is 6.61. The third-order valence-corrected chi connectivity index (χ3v) is 9.31. The van der Waals surface area contributed by atoms with Crippen LogP contribution in [0.25, 0.3) is 38.8 Å². The monoisotopic (exact) mass is 614 g/mol. The zero-order valence-corrected chi connectivity index (χ0v) is 27.5. The standard InChI is InChI=1S/C42H38N4O/c1-28-12-10-13-29(2)41(28)30-22-23-43-40(24-30)46-36-17-7-6-16-34(36)35-21-20-33(26-39(35)46)47-32-15-11-14-31(25-32)44-27-45(42(3,4)5)38-19-9-8-18-37(38)44/h6-26H,27H2,1-5H3. The average molecular weight is 615 g/mol. The molecule has 47 heavy (non-hydrogen) atoms. The number of pyridine rings is 1. The van der Waals surface area contributed by atoms with Crippen LogP contribution in [-0.2, 0) is 0 Å². The summed E-state index contributed by atoms with van der Waals surface area (Å²) >= 11 is 0. The molecule has 0 unspecified atom stereocenters. The fraction of sp³-hybridized carbons (Fsp3) is 0.167. The van der Waals surface area contributed by atoms with Crippen molar-refractivity contribution >= 4 is 38.9 Å². The molecule has 7 aromatic rings. The number of aromatic nitrogens is 2. The molecule has 0 saturated heterocycles. The zero-order valence-electron chi connectivity index (χ0n) is 27.5. The smallest absolute Gasteiger partial charge is 0.138 e. The number of ether oxygens (including phenoxy) is 1. The van der Waals surface area contributed by atoms with Gasteiger partial charge in [0.05, 0.1) is 29.1 Å². The van der Waals surface area contributed by atoms with Gasteiger partial charge in [-0.3, -0.25) is 4.57 Å². The van der Waals surface area contributed by atoms with Gasteiger partial charge in [0.2, 0.25) is 0 Å². The highest BCUT2D eigenvalue weighted by Gasteiger charge is 2.33. The van der Waals surface area contributed by atoms with Crippen molar-refractivity contribution in [2.45, 2.75) is 40.2 Å². The van der Waals surface area contributed by atoms with E-state index in [2.05, 4.69) is 164 Å². The Kier molecular flexibility index (Phi) is 6.80. The van der Waals surface area contributed by atoms with E-state index >= 15 is 0 Å². The number of nitrogens with zero attached hydrogens (tertiary/aromatic N) is 4. The van der Waals surface area contributed by atoms with E-state index in [1.807, 2.05) is 12.3 Å². The minimum absolute atomic E-state index is 0.0000388. The number of anilines is 3. The molecule has 0 aliphatic carbocycles. The molecule has 0 spiro atoms. The predicted molar refractivity (Wildman–Crippen MR) is 196 cm³/mol. The Labute approximate surface area is 276 Å². The van der Waals surface area contributed by atoms with Crippen LogP contribution in [0.3, 0.4) is 0 Å². The summed E-state index contributed by atoms with van der Waals surface area (Å²) in [7, 11) is 0. The van der Waals surface area contributed by atoms with Crippen LogP contribution >= 0.6 is 0 Å². The second-order valence-corrected chi connectivity index (χ2v) is 13.5. The second kappa shape index (κ2) is 11.1. The quantitative estimate of drug-likeness (QED) is 0.193. The van der Waals surface area contributed by atoms with Gasteiger partial charge in [-0.25, -0.2) is 4.98 Å². The van der Waals surface area contributed by atoms with E-state index in [0.29, 0.717) is 0 Å². The molecule has 5 aromatic carbocycles. The van der Waals surface area contributed by atoms with E-state index in [1.54, 1.807) is 0 Å². The summed E-state index contributed by atoms with van der Waals surface area (Å²) in [6.07, 6.45) is 1.92. The number of hydrogen-bond donors (Lipinski definition) is 0. The first-order chi connectivity index (χ1) is 22.8. The van der Waals surface area contributed by atoms with Crippen molar-refractivity contribution in [3.63, 3.8) is 0 Å². The van der Waals surface area contributed by atoms with Gasteiger partial charge < -0.3 is 14.5 Å². The van der Waals surface area contributed by atoms with Crippen LogP contribution in [0.1, 0.15) is 31.9 Å². The van der Waals surface area contributed by atoms with Crippen molar-refractivity contribution in [3.8, 4) is 28.4 Å². The zero-order chi connectivity index (χ0) is 32.3. The average Bonchev–Trinajstić information content (AvgIpc) is 3.62. The third-order valence-electron chi connectivity index (χ3n) is 9.31. The molecular formula is C42H38N4O.